The summed E-state index contributed by atoms with van der Waals surface area (Å²) in [5.74, 6) is 0.805. The van der Waals surface area contributed by atoms with Gasteiger partial charge in [-0.2, -0.15) is 0 Å². The third kappa shape index (κ3) is 3.25. The highest BCUT2D eigenvalue weighted by atomic mass is 32.2. The number of piperidine rings is 1. The van der Waals surface area contributed by atoms with Crippen LogP contribution in [0.15, 0.2) is 35.6 Å². The van der Waals surface area contributed by atoms with Gasteiger partial charge >= 0.3 is 0 Å². The number of nitrogens with zero attached hydrogens (tertiary/aromatic N) is 5. The second-order valence-corrected chi connectivity index (χ2v) is 6.98. The molecule has 8 nitrogen and oxygen atoms in total. The van der Waals surface area contributed by atoms with Gasteiger partial charge in [-0.25, -0.2) is 18.5 Å². The van der Waals surface area contributed by atoms with Crippen LogP contribution in [-0.2, 0) is 16.6 Å². The first-order valence-electron chi connectivity index (χ1n) is 7.11. The highest BCUT2D eigenvalue weighted by Crippen LogP contribution is 2.27. The SMILES string of the molecule is NS(=O)(=O)c1cccnc1N1CCC[C@@H](Cn2ccnn2)C1. The molecule has 0 aliphatic carbocycles. The van der Waals surface area contributed by atoms with Crippen molar-refractivity contribution in [1.29, 1.82) is 0 Å². The predicted octanol–water partition coefficient (Wildman–Crippen LogP) is 0.237. The summed E-state index contributed by atoms with van der Waals surface area (Å²) >= 11 is 0. The van der Waals surface area contributed by atoms with E-state index in [0.717, 1.165) is 32.5 Å². The first kappa shape index (κ1) is 14.9. The highest BCUT2D eigenvalue weighted by molar-refractivity contribution is 7.89. The molecule has 2 aromatic rings. The van der Waals surface area contributed by atoms with E-state index in [1.54, 1.807) is 23.1 Å². The van der Waals surface area contributed by atoms with Crippen LogP contribution in [0.5, 0.6) is 0 Å². The molecule has 1 saturated heterocycles. The molecule has 22 heavy (non-hydrogen) atoms. The molecule has 1 fully saturated rings. The van der Waals surface area contributed by atoms with Gasteiger partial charge in [0.15, 0.2) is 0 Å². The van der Waals surface area contributed by atoms with Crippen molar-refractivity contribution in [3.05, 3.63) is 30.7 Å². The van der Waals surface area contributed by atoms with Crippen LogP contribution < -0.4 is 10.0 Å². The topological polar surface area (TPSA) is 107 Å². The van der Waals surface area contributed by atoms with Gasteiger partial charge in [-0.1, -0.05) is 5.21 Å². The monoisotopic (exact) mass is 322 g/mol. The fourth-order valence-electron chi connectivity index (χ4n) is 2.84. The molecule has 0 spiro atoms. The normalized spacial score (nSPS) is 19.3. The van der Waals surface area contributed by atoms with Crippen LogP contribution in [0.3, 0.4) is 0 Å². The lowest BCUT2D eigenvalue weighted by atomic mass is 9.98. The summed E-state index contributed by atoms with van der Waals surface area (Å²) in [5.41, 5.74) is 0. The summed E-state index contributed by atoms with van der Waals surface area (Å²) in [6.45, 7) is 2.25. The Hall–Kier alpha value is -2.00. The molecular formula is C13H18N6O2S. The first-order valence-corrected chi connectivity index (χ1v) is 8.65. The van der Waals surface area contributed by atoms with Crippen LogP contribution in [0.2, 0.25) is 0 Å². The van der Waals surface area contributed by atoms with Crippen molar-refractivity contribution < 1.29 is 8.42 Å². The average molecular weight is 322 g/mol. The number of primary sulfonamides is 1. The lowest BCUT2D eigenvalue weighted by Gasteiger charge is -2.34. The lowest BCUT2D eigenvalue weighted by molar-refractivity contribution is 0.346. The Bertz CT molecular complexity index is 731. The number of pyridine rings is 1. The molecule has 0 aromatic carbocycles. The summed E-state index contributed by atoms with van der Waals surface area (Å²) in [6, 6.07) is 3.08. The number of hydrogen-bond donors (Lipinski definition) is 1. The van der Waals surface area contributed by atoms with E-state index >= 15 is 0 Å². The van der Waals surface area contributed by atoms with Crippen molar-refractivity contribution >= 4 is 15.8 Å². The maximum atomic E-state index is 11.7. The summed E-state index contributed by atoms with van der Waals surface area (Å²) < 4.78 is 25.2. The van der Waals surface area contributed by atoms with Crippen LogP contribution >= 0.6 is 0 Å². The number of anilines is 1. The number of hydrogen-bond acceptors (Lipinski definition) is 6. The van der Waals surface area contributed by atoms with Crippen LogP contribution in [-0.4, -0.2) is 41.5 Å². The molecule has 0 radical (unpaired) electrons. The third-order valence-corrected chi connectivity index (χ3v) is 4.72. The van der Waals surface area contributed by atoms with E-state index in [1.807, 2.05) is 11.1 Å². The Kier molecular flexibility index (Phi) is 4.08. The zero-order valence-corrected chi connectivity index (χ0v) is 12.9. The molecule has 2 aromatic heterocycles. The van der Waals surface area contributed by atoms with Gasteiger partial charge in [-0.05, 0) is 30.9 Å². The van der Waals surface area contributed by atoms with Gasteiger partial charge in [0.25, 0.3) is 0 Å². The van der Waals surface area contributed by atoms with E-state index in [9.17, 15) is 8.42 Å². The van der Waals surface area contributed by atoms with E-state index in [1.165, 1.54) is 6.07 Å². The molecule has 3 rings (SSSR count). The summed E-state index contributed by atoms with van der Waals surface area (Å²) in [4.78, 5) is 6.30. The summed E-state index contributed by atoms with van der Waals surface area (Å²) in [5, 5.41) is 13.1. The molecule has 118 valence electrons. The van der Waals surface area contributed by atoms with E-state index in [2.05, 4.69) is 15.3 Å². The first-order chi connectivity index (χ1) is 10.5. The van der Waals surface area contributed by atoms with E-state index < -0.39 is 10.0 Å². The number of nitrogens with two attached hydrogens (primary N) is 1. The molecule has 1 aliphatic rings. The molecule has 1 atom stereocenters. The number of aromatic nitrogens is 4. The minimum absolute atomic E-state index is 0.0800. The molecule has 1 aliphatic heterocycles. The fraction of sp³-hybridized carbons (Fsp3) is 0.462. The van der Waals surface area contributed by atoms with Gasteiger partial charge in [0.05, 0.1) is 6.20 Å². The van der Waals surface area contributed by atoms with Gasteiger partial charge in [0.1, 0.15) is 10.7 Å². The van der Waals surface area contributed by atoms with Crippen LogP contribution in [0.4, 0.5) is 5.82 Å². The van der Waals surface area contributed by atoms with Gasteiger partial charge in [0.2, 0.25) is 10.0 Å². The zero-order chi connectivity index (χ0) is 15.6. The second kappa shape index (κ2) is 6.01. The maximum Gasteiger partial charge on any atom is 0.241 e. The molecular weight excluding hydrogens is 304 g/mol. The predicted molar refractivity (Wildman–Crippen MR) is 80.6 cm³/mol. The molecule has 2 N–H and O–H groups in total. The summed E-state index contributed by atoms with van der Waals surface area (Å²) in [7, 11) is -3.78. The fourth-order valence-corrected chi connectivity index (χ4v) is 3.55. The van der Waals surface area contributed by atoms with Crippen molar-refractivity contribution in [3.8, 4) is 0 Å². The Morgan fingerprint density at radius 1 is 1.36 bits per heavy atom. The maximum absolute atomic E-state index is 11.7. The molecule has 0 unspecified atom stereocenters. The lowest BCUT2D eigenvalue weighted by Crippen LogP contribution is -2.38. The Morgan fingerprint density at radius 3 is 2.95 bits per heavy atom. The highest BCUT2D eigenvalue weighted by Gasteiger charge is 2.25. The molecule has 0 saturated carbocycles. The largest absolute Gasteiger partial charge is 0.355 e. The van der Waals surface area contributed by atoms with Gasteiger partial charge in [-0.3, -0.25) is 4.68 Å². The van der Waals surface area contributed by atoms with E-state index in [4.69, 9.17) is 5.14 Å². The van der Waals surface area contributed by atoms with Gasteiger partial charge in [-0.15, -0.1) is 5.10 Å². The minimum atomic E-state index is -3.78. The quantitative estimate of drug-likeness (QED) is 0.864. The smallest absolute Gasteiger partial charge is 0.241 e. The van der Waals surface area contributed by atoms with Crippen LogP contribution in [0, 0.1) is 5.92 Å². The van der Waals surface area contributed by atoms with Crippen molar-refractivity contribution in [2.45, 2.75) is 24.3 Å². The Morgan fingerprint density at radius 2 is 2.23 bits per heavy atom. The summed E-state index contributed by atoms with van der Waals surface area (Å²) in [6.07, 6.45) is 7.10. The van der Waals surface area contributed by atoms with Crippen LogP contribution in [0.1, 0.15) is 12.8 Å². The molecule has 0 amide bonds. The van der Waals surface area contributed by atoms with Crippen molar-refractivity contribution in [3.63, 3.8) is 0 Å². The third-order valence-electron chi connectivity index (χ3n) is 3.79. The van der Waals surface area contributed by atoms with Gasteiger partial charge < -0.3 is 4.90 Å². The zero-order valence-electron chi connectivity index (χ0n) is 12.0. The molecule has 9 heteroatoms. The average Bonchev–Trinajstić information content (AvgIpc) is 3.00. The van der Waals surface area contributed by atoms with E-state index in [-0.39, 0.29) is 4.90 Å². The number of sulfonamides is 1. The number of rotatable bonds is 4. The Balaban J connectivity index is 1.80. The minimum Gasteiger partial charge on any atom is -0.355 e. The van der Waals surface area contributed by atoms with Crippen molar-refractivity contribution in [2.24, 2.45) is 11.1 Å². The molecule has 3 heterocycles. The van der Waals surface area contributed by atoms with Gasteiger partial charge in [0, 0.05) is 32.0 Å². The van der Waals surface area contributed by atoms with Crippen molar-refractivity contribution in [1.82, 2.24) is 20.0 Å². The van der Waals surface area contributed by atoms with Crippen molar-refractivity contribution in [2.75, 3.05) is 18.0 Å². The standard InChI is InChI=1S/C13H18N6O2S/c14-22(20,21)12-4-1-5-15-13(12)18-7-2-3-11(9-18)10-19-8-6-16-17-19/h1,4-6,8,11H,2-3,7,9-10H2,(H2,14,20,21)/t11-/m1/s1. The van der Waals surface area contributed by atoms with E-state index in [0.29, 0.717) is 11.7 Å². The Labute approximate surface area is 129 Å². The molecule has 0 bridgehead atoms. The van der Waals surface area contributed by atoms with Crippen LogP contribution in [0.25, 0.3) is 0 Å². The second-order valence-electron chi connectivity index (χ2n) is 5.45.